The third-order valence-electron chi connectivity index (χ3n) is 1.79. The molecule has 4 N–H and O–H groups in total. The molecule has 7 nitrogen and oxygen atoms in total. The predicted molar refractivity (Wildman–Crippen MR) is 53.6 cm³/mol. The van der Waals surface area contributed by atoms with Crippen molar-refractivity contribution in [2.75, 3.05) is 10.7 Å². The van der Waals surface area contributed by atoms with Crippen LogP contribution in [0.3, 0.4) is 0 Å². The summed E-state index contributed by atoms with van der Waals surface area (Å²) in [4.78, 5) is 7.40. The van der Waals surface area contributed by atoms with E-state index in [1.165, 1.54) is 6.20 Å². The van der Waals surface area contributed by atoms with Crippen molar-refractivity contribution in [3.63, 3.8) is 0 Å². The van der Waals surface area contributed by atoms with Gasteiger partial charge in [-0.05, 0) is 0 Å². The van der Waals surface area contributed by atoms with Crippen LogP contribution in [-0.2, 0) is 6.54 Å². The smallest absolute Gasteiger partial charge is 0.239 e. The van der Waals surface area contributed by atoms with Gasteiger partial charge >= 0.3 is 0 Å². The second kappa shape index (κ2) is 4.53. The van der Waals surface area contributed by atoms with E-state index in [-0.39, 0.29) is 18.3 Å². The lowest BCUT2D eigenvalue weighted by molar-refractivity contribution is 0.387. The third kappa shape index (κ3) is 2.23. The fourth-order valence-electron chi connectivity index (χ4n) is 1.06. The lowest BCUT2D eigenvalue weighted by Crippen LogP contribution is -2.12. The number of anilines is 2. The Kier molecular flexibility index (Phi) is 2.92. The van der Waals surface area contributed by atoms with Gasteiger partial charge in [0.1, 0.15) is 0 Å². The third-order valence-corrected chi connectivity index (χ3v) is 1.79. The number of rotatable bonds is 4. The number of nitrogens with two attached hydrogens (primary N) is 1. The molecule has 0 saturated heterocycles. The van der Waals surface area contributed by atoms with Crippen LogP contribution < -0.4 is 16.6 Å². The zero-order valence-corrected chi connectivity index (χ0v) is 8.14. The minimum absolute atomic E-state index is 0.0411. The molecular formula is C8H9FN6O. The summed E-state index contributed by atoms with van der Waals surface area (Å²) in [5.41, 5.74) is 2.22. The van der Waals surface area contributed by atoms with E-state index < -0.39 is 5.82 Å². The Morgan fingerprint density at radius 3 is 3.06 bits per heavy atom. The fourth-order valence-corrected chi connectivity index (χ4v) is 1.06. The molecule has 0 fully saturated rings. The van der Waals surface area contributed by atoms with Crippen LogP contribution in [0.5, 0.6) is 0 Å². The van der Waals surface area contributed by atoms with Crippen LogP contribution in [0.1, 0.15) is 5.76 Å². The average molecular weight is 224 g/mol. The van der Waals surface area contributed by atoms with Crippen LogP contribution in [0.2, 0.25) is 0 Å². The lowest BCUT2D eigenvalue weighted by atomic mass is 10.4. The highest BCUT2D eigenvalue weighted by molar-refractivity contribution is 5.40. The van der Waals surface area contributed by atoms with Gasteiger partial charge in [-0.1, -0.05) is 5.16 Å². The van der Waals surface area contributed by atoms with Crippen LogP contribution in [0.25, 0.3) is 0 Å². The Labute approximate surface area is 89.8 Å². The summed E-state index contributed by atoms with van der Waals surface area (Å²) in [6.07, 6.45) is 2.52. The first-order valence-electron chi connectivity index (χ1n) is 4.42. The molecule has 0 amide bonds. The first kappa shape index (κ1) is 10.3. The summed E-state index contributed by atoms with van der Waals surface area (Å²) < 4.78 is 18.1. The largest absolute Gasteiger partial charge is 0.360 e. The number of aromatic nitrogens is 3. The van der Waals surface area contributed by atoms with Crippen LogP contribution in [0, 0.1) is 5.82 Å². The number of hydrogen-bond acceptors (Lipinski definition) is 7. The summed E-state index contributed by atoms with van der Waals surface area (Å²) in [5.74, 6) is 5.27. The molecule has 0 unspecified atom stereocenters. The van der Waals surface area contributed by atoms with E-state index in [0.29, 0.717) is 5.76 Å². The first-order chi connectivity index (χ1) is 7.79. The van der Waals surface area contributed by atoms with Gasteiger partial charge in [-0.25, -0.2) is 15.2 Å². The van der Waals surface area contributed by atoms with Crippen LogP contribution >= 0.6 is 0 Å². The topological polar surface area (TPSA) is 102 Å². The minimum Gasteiger partial charge on any atom is -0.360 e. The molecule has 0 aliphatic rings. The molecule has 2 aromatic rings. The number of hydrazine groups is 1. The molecule has 0 atom stereocenters. The fraction of sp³-hybridized carbons (Fsp3) is 0.125. The quantitative estimate of drug-likeness (QED) is 0.513. The van der Waals surface area contributed by atoms with E-state index >= 15 is 0 Å². The van der Waals surface area contributed by atoms with Gasteiger partial charge in [0.05, 0.1) is 18.9 Å². The minimum atomic E-state index is -0.571. The average Bonchev–Trinajstić information content (AvgIpc) is 2.81. The second-order valence-electron chi connectivity index (χ2n) is 2.87. The van der Waals surface area contributed by atoms with Crippen molar-refractivity contribution in [2.24, 2.45) is 5.84 Å². The molecule has 2 heterocycles. The standard InChI is InChI=1S/C8H9FN6O/c9-6-4-12-8(15-10)14-7(6)11-3-5-1-2-13-16-5/h1-2,4H,3,10H2,(H2,11,12,14,15). The van der Waals surface area contributed by atoms with E-state index in [4.69, 9.17) is 10.4 Å². The van der Waals surface area contributed by atoms with E-state index in [9.17, 15) is 4.39 Å². The molecule has 84 valence electrons. The van der Waals surface area contributed by atoms with Crippen molar-refractivity contribution in [1.29, 1.82) is 0 Å². The summed E-state index contributed by atoms with van der Waals surface area (Å²) >= 11 is 0. The molecule has 0 aliphatic carbocycles. The predicted octanol–water partition coefficient (Wildman–Crippen LogP) is 0.501. The van der Waals surface area contributed by atoms with E-state index in [1.807, 2.05) is 0 Å². The monoisotopic (exact) mass is 224 g/mol. The number of nitrogen functional groups attached to an aromatic ring is 1. The molecule has 0 bridgehead atoms. The Balaban J connectivity index is 2.08. The van der Waals surface area contributed by atoms with Gasteiger partial charge in [-0.15, -0.1) is 0 Å². The maximum absolute atomic E-state index is 13.2. The molecule has 0 aliphatic heterocycles. The van der Waals surface area contributed by atoms with Gasteiger partial charge in [0.15, 0.2) is 17.4 Å². The first-order valence-corrected chi connectivity index (χ1v) is 4.42. The molecule has 0 aromatic carbocycles. The molecule has 0 saturated carbocycles. The molecule has 16 heavy (non-hydrogen) atoms. The lowest BCUT2D eigenvalue weighted by Gasteiger charge is -2.05. The summed E-state index contributed by atoms with van der Waals surface area (Å²) in [6, 6.07) is 1.66. The van der Waals surface area contributed by atoms with Gasteiger partial charge in [-0.2, -0.15) is 4.98 Å². The van der Waals surface area contributed by atoms with Crippen molar-refractivity contribution in [3.8, 4) is 0 Å². The summed E-state index contributed by atoms with van der Waals surface area (Å²) in [5, 5.41) is 6.25. The Hall–Kier alpha value is -2.22. The molecule has 2 aromatic heterocycles. The van der Waals surface area contributed by atoms with Crippen molar-refractivity contribution in [3.05, 3.63) is 30.0 Å². The van der Waals surface area contributed by atoms with Gasteiger partial charge in [0.2, 0.25) is 5.95 Å². The van der Waals surface area contributed by atoms with Crippen molar-refractivity contribution >= 4 is 11.8 Å². The highest BCUT2D eigenvalue weighted by atomic mass is 19.1. The maximum atomic E-state index is 13.2. The van der Waals surface area contributed by atoms with Crippen molar-refractivity contribution in [1.82, 2.24) is 15.1 Å². The molecule has 8 heteroatoms. The SMILES string of the molecule is NNc1ncc(F)c(NCc2ccno2)n1. The van der Waals surface area contributed by atoms with E-state index in [1.54, 1.807) is 6.07 Å². The molecule has 0 radical (unpaired) electrons. The van der Waals surface area contributed by atoms with E-state index in [0.717, 1.165) is 6.20 Å². The molecular weight excluding hydrogens is 215 g/mol. The summed E-state index contributed by atoms with van der Waals surface area (Å²) in [7, 11) is 0. The number of hydrogen-bond donors (Lipinski definition) is 3. The Morgan fingerprint density at radius 2 is 2.38 bits per heavy atom. The van der Waals surface area contributed by atoms with Crippen LogP contribution in [0.4, 0.5) is 16.2 Å². The van der Waals surface area contributed by atoms with Gasteiger partial charge in [0.25, 0.3) is 0 Å². The number of halogens is 1. The number of nitrogens with one attached hydrogen (secondary N) is 2. The normalized spacial score (nSPS) is 10.1. The van der Waals surface area contributed by atoms with Crippen molar-refractivity contribution < 1.29 is 8.91 Å². The Bertz CT molecular complexity index is 460. The highest BCUT2D eigenvalue weighted by Gasteiger charge is 2.06. The molecule has 2 rings (SSSR count). The van der Waals surface area contributed by atoms with E-state index in [2.05, 4.69) is 25.9 Å². The summed E-state index contributed by atoms with van der Waals surface area (Å²) in [6.45, 7) is 0.276. The van der Waals surface area contributed by atoms with Crippen LogP contribution in [0.15, 0.2) is 23.0 Å². The zero-order valence-electron chi connectivity index (χ0n) is 8.14. The zero-order chi connectivity index (χ0) is 11.4. The highest BCUT2D eigenvalue weighted by Crippen LogP contribution is 2.12. The van der Waals surface area contributed by atoms with Gasteiger partial charge in [0, 0.05) is 6.07 Å². The van der Waals surface area contributed by atoms with Crippen LogP contribution in [-0.4, -0.2) is 15.1 Å². The van der Waals surface area contributed by atoms with Crippen molar-refractivity contribution in [2.45, 2.75) is 6.54 Å². The maximum Gasteiger partial charge on any atom is 0.239 e. The van der Waals surface area contributed by atoms with Gasteiger partial charge in [-0.3, -0.25) is 5.43 Å². The molecule has 0 spiro atoms. The Morgan fingerprint density at radius 1 is 1.50 bits per heavy atom. The van der Waals surface area contributed by atoms with Gasteiger partial charge < -0.3 is 9.84 Å². The second-order valence-corrected chi connectivity index (χ2v) is 2.87. The number of nitrogens with zero attached hydrogens (tertiary/aromatic N) is 3.